The third-order valence-corrected chi connectivity index (χ3v) is 3.94. The Morgan fingerprint density at radius 2 is 1.74 bits per heavy atom. The Kier molecular flexibility index (Phi) is 11.5. The molecular formula is C21H31IN4O. The van der Waals surface area contributed by atoms with Crippen LogP contribution in [0.3, 0.4) is 0 Å². The molecule has 0 saturated carbocycles. The first-order valence-corrected chi connectivity index (χ1v) is 9.07. The average molecular weight is 482 g/mol. The van der Waals surface area contributed by atoms with Gasteiger partial charge in [0.1, 0.15) is 5.75 Å². The number of guanidine groups is 1. The fraction of sp³-hybridized carbons (Fsp3) is 0.381. The van der Waals surface area contributed by atoms with Crippen molar-refractivity contribution in [2.45, 2.75) is 19.4 Å². The van der Waals surface area contributed by atoms with E-state index in [1.54, 1.807) is 0 Å². The highest BCUT2D eigenvalue weighted by Gasteiger charge is 1.98. The van der Waals surface area contributed by atoms with Gasteiger partial charge in [0.25, 0.3) is 0 Å². The molecule has 0 spiro atoms. The van der Waals surface area contributed by atoms with Crippen LogP contribution in [0.25, 0.3) is 0 Å². The molecule has 0 radical (unpaired) electrons. The van der Waals surface area contributed by atoms with E-state index in [1.807, 2.05) is 42.5 Å². The quantitative estimate of drug-likeness (QED) is 0.236. The number of halogens is 1. The van der Waals surface area contributed by atoms with E-state index >= 15 is 0 Å². The topological polar surface area (TPSA) is 62.9 Å². The van der Waals surface area contributed by atoms with Crippen LogP contribution in [0.1, 0.15) is 17.5 Å². The number of rotatable bonds is 10. The van der Waals surface area contributed by atoms with Gasteiger partial charge < -0.3 is 20.7 Å². The zero-order valence-corrected chi connectivity index (χ0v) is 18.6. The van der Waals surface area contributed by atoms with Crippen molar-refractivity contribution < 1.29 is 4.74 Å². The summed E-state index contributed by atoms with van der Waals surface area (Å²) in [6, 6.07) is 18.4. The van der Waals surface area contributed by atoms with Crippen molar-refractivity contribution in [3.05, 3.63) is 65.7 Å². The Morgan fingerprint density at radius 1 is 1.04 bits per heavy atom. The summed E-state index contributed by atoms with van der Waals surface area (Å²) in [5.74, 6) is 1.37. The number of nitrogens with two attached hydrogens (primary N) is 1. The number of nitrogens with zero attached hydrogens (tertiary/aromatic N) is 2. The van der Waals surface area contributed by atoms with E-state index in [9.17, 15) is 0 Å². The van der Waals surface area contributed by atoms with Gasteiger partial charge in [-0.3, -0.25) is 0 Å². The van der Waals surface area contributed by atoms with Crippen LogP contribution in [0.4, 0.5) is 0 Å². The van der Waals surface area contributed by atoms with Gasteiger partial charge in [-0.15, -0.1) is 24.0 Å². The number of hydrogen-bond donors (Lipinski definition) is 2. The molecule has 0 aliphatic carbocycles. The smallest absolute Gasteiger partial charge is 0.188 e. The van der Waals surface area contributed by atoms with Crippen molar-refractivity contribution in [1.29, 1.82) is 0 Å². The molecule has 2 aromatic carbocycles. The van der Waals surface area contributed by atoms with Crippen molar-refractivity contribution in [1.82, 2.24) is 10.2 Å². The molecule has 5 nitrogen and oxygen atoms in total. The Morgan fingerprint density at radius 3 is 2.41 bits per heavy atom. The minimum absolute atomic E-state index is 0. The van der Waals surface area contributed by atoms with Crippen LogP contribution in [0.5, 0.6) is 5.75 Å². The second-order valence-electron chi connectivity index (χ2n) is 6.51. The highest BCUT2D eigenvalue weighted by Crippen LogP contribution is 2.13. The number of hydrogen-bond acceptors (Lipinski definition) is 3. The molecule has 0 heterocycles. The first-order chi connectivity index (χ1) is 12.6. The third kappa shape index (κ3) is 10.2. The van der Waals surface area contributed by atoms with E-state index in [2.05, 4.69) is 41.4 Å². The van der Waals surface area contributed by atoms with Gasteiger partial charge in [-0.2, -0.15) is 0 Å². The van der Waals surface area contributed by atoms with Gasteiger partial charge in [-0.05, 0) is 50.2 Å². The molecule has 0 bridgehead atoms. The van der Waals surface area contributed by atoms with E-state index in [4.69, 9.17) is 10.5 Å². The molecule has 0 amide bonds. The Balaban J connectivity index is 0.00000364. The molecule has 3 N–H and O–H groups in total. The maximum atomic E-state index is 5.93. The highest BCUT2D eigenvalue weighted by atomic mass is 127. The maximum absolute atomic E-state index is 5.93. The van der Waals surface area contributed by atoms with Crippen molar-refractivity contribution in [2.75, 3.05) is 33.8 Å². The lowest BCUT2D eigenvalue weighted by Gasteiger charge is -2.10. The van der Waals surface area contributed by atoms with Crippen LogP contribution in [0.2, 0.25) is 0 Å². The van der Waals surface area contributed by atoms with Gasteiger partial charge in [0.15, 0.2) is 5.96 Å². The maximum Gasteiger partial charge on any atom is 0.188 e. The van der Waals surface area contributed by atoms with Crippen molar-refractivity contribution in [3.63, 3.8) is 0 Å². The van der Waals surface area contributed by atoms with Crippen LogP contribution in [0, 0.1) is 0 Å². The van der Waals surface area contributed by atoms with E-state index in [-0.39, 0.29) is 24.0 Å². The Bertz CT molecular complexity index is 660. The summed E-state index contributed by atoms with van der Waals surface area (Å²) in [5, 5.41) is 3.16. The van der Waals surface area contributed by atoms with E-state index < -0.39 is 0 Å². The number of ether oxygens (including phenoxy) is 1. The molecule has 2 aromatic rings. The molecule has 27 heavy (non-hydrogen) atoms. The minimum Gasteiger partial charge on any atom is -0.494 e. The number of nitrogens with one attached hydrogen (secondary N) is 1. The number of benzene rings is 2. The lowest BCUT2D eigenvalue weighted by Crippen LogP contribution is -2.33. The Labute approximate surface area is 180 Å². The molecule has 6 heteroatoms. The third-order valence-electron chi connectivity index (χ3n) is 3.94. The molecule has 0 aliphatic heterocycles. The van der Waals surface area contributed by atoms with Gasteiger partial charge in [-0.25, -0.2) is 4.99 Å². The van der Waals surface area contributed by atoms with Gasteiger partial charge in [-0.1, -0.05) is 42.5 Å². The molecule has 0 fully saturated rings. The zero-order valence-electron chi connectivity index (χ0n) is 16.2. The average Bonchev–Trinajstić information content (AvgIpc) is 2.65. The number of aliphatic imine (C=N–C) groups is 1. The summed E-state index contributed by atoms with van der Waals surface area (Å²) in [7, 11) is 4.13. The SMILES string of the molecule is CN(C)CCCOc1ccc(CN=C(N)NCCc2ccccc2)cc1.I. The highest BCUT2D eigenvalue weighted by molar-refractivity contribution is 14.0. The minimum atomic E-state index is 0. The fourth-order valence-corrected chi connectivity index (χ4v) is 2.47. The normalized spacial score (nSPS) is 11.1. The summed E-state index contributed by atoms with van der Waals surface area (Å²) in [6.07, 6.45) is 1.95. The van der Waals surface area contributed by atoms with Crippen molar-refractivity contribution >= 4 is 29.9 Å². The molecule has 2 rings (SSSR count). The van der Waals surface area contributed by atoms with E-state index in [1.165, 1.54) is 5.56 Å². The monoisotopic (exact) mass is 482 g/mol. The molecular weight excluding hydrogens is 451 g/mol. The summed E-state index contributed by atoms with van der Waals surface area (Å²) < 4.78 is 5.73. The Hall–Kier alpha value is -1.80. The van der Waals surface area contributed by atoms with E-state index in [0.29, 0.717) is 12.5 Å². The predicted molar refractivity (Wildman–Crippen MR) is 124 cm³/mol. The summed E-state index contributed by atoms with van der Waals surface area (Å²) in [5.41, 5.74) is 8.33. The lowest BCUT2D eigenvalue weighted by molar-refractivity contribution is 0.281. The van der Waals surface area contributed by atoms with Crippen LogP contribution < -0.4 is 15.8 Å². The van der Waals surface area contributed by atoms with Crippen LogP contribution in [-0.4, -0.2) is 44.7 Å². The molecule has 0 atom stereocenters. The molecule has 0 saturated heterocycles. The van der Waals surface area contributed by atoms with Crippen LogP contribution in [-0.2, 0) is 13.0 Å². The van der Waals surface area contributed by atoms with Gasteiger partial charge in [0, 0.05) is 13.1 Å². The molecule has 148 valence electrons. The van der Waals surface area contributed by atoms with Crippen LogP contribution in [0.15, 0.2) is 59.6 Å². The van der Waals surface area contributed by atoms with Crippen molar-refractivity contribution in [2.24, 2.45) is 10.7 Å². The summed E-state index contributed by atoms with van der Waals surface area (Å²) >= 11 is 0. The van der Waals surface area contributed by atoms with Gasteiger partial charge >= 0.3 is 0 Å². The van der Waals surface area contributed by atoms with Gasteiger partial charge in [0.2, 0.25) is 0 Å². The largest absolute Gasteiger partial charge is 0.494 e. The molecule has 0 aliphatic rings. The first kappa shape index (κ1) is 23.2. The second-order valence-corrected chi connectivity index (χ2v) is 6.51. The summed E-state index contributed by atoms with van der Waals surface area (Å²) in [6.45, 7) is 3.10. The second kappa shape index (κ2) is 13.4. The van der Waals surface area contributed by atoms with Crippen LogP contribution >= 0.6 is 24.0 Å². The standard InChI is InChI=1S/C21H30N4O.HI/c1-25(2)15-6-16-26-20-11-9-19(10-12-20)17-24-21(22)23-14-13-18-7-4-3-5-8-18;/h3-5,7-12H,6,13-17H2,1-2H3,(H3,22,23,24);1H. The van der Waals surface area contributed by atoms with Gasteiger partial charge in [0.05, 0.1) is 13.2 Å². The molecule has 0 aromatic heterocycles. The van der Waals surface area contributed by atoms with E-state index in [0.717, 1.165) is 43.9 Å². The molecule has 0 unspecified atom stereocenters. The first-order valence-electron chi connectivity index (χ1n) is 9.07. The summed E-state index contributed by atoms with van der Waals surface area (Å²) in [4.78, 5) is 6.54. The predicted octanol–water partition coefficient (Wildman–Crippen LogP) is 3.28. The lowest BCUT2D eigenvalue weighted by atomic mass is 10.1. The zero-order chi connectivity index (χ0) is 18.6. The van der Waals surface area contributed by atoms with Crippen molar-refractivity contribution in [3.8, 4) is 5.75 Å². The fourth-order valence-electron chi connectivity index (χ4n) is 2.47.